The van der Waals surface area contributed by atoms with E-state index < -0.39 is 11.9 Å². The minimum Gasteiger partial charge on any atom is -0.366 e. The number of terminal acetylenes is 1. The Kier molecular flexibility index (Phi) is 6.50. The van der Waals surface area contributed by atoms with Crippen LogP contribution in [0.15, 0.2) is 23.0 Å². The fraction of sp³-hybridized carbons (Fsp3) is 0.381. The summed E-state index contributed by atoms with van der Waals surface area (Å²) in [7, 11) is 1.64. The summed E-state index contributed by atoms with van der Waals surface area (Å²) in [6.45, 7) is 1.31. The number of piperidine rings is 1. The summed E-state index contributed by atoms with van der Waals surface area (Å²) in [4.78, 5) is 36.3. The van der Waals surface area contributed by atoms with Gasteiger partial charge in [-0.05, 0) is 24.6 Å². The van der Waals surface area contributed by atoms with Crippen LogP contribution in [0.25, 0.3) is 11.0 Å². The van der Waals surface area contributed by atoms with Crippen LogP contribution in [0.2, 0.25) is 0 Å². The molecule has 29 heavy (non-hydrogen) atoms. The van der Waals surface area contributed by atoms with Crippen LogP contribution in [0.3, 0.4) is 0 Å². The van der Waals surface area contributed by atoms with Crippen LogP contribution in [0.5, 0.6) is 0 Å². The van der Waals surface area contributed by atoms with Crippen molar-refractivity contribution >= 4 is 22.8 Å². The first-order chi connectivity index (χ1) is 14.0. The maximum Gasteiger partial charge on any atom is 0.329 e. The Labute approximate surface area is 167 Å². The number of aromatic nitrogens is 2. The Morgan fingerprint density at radius 3 is 2.66 bits per heavy atom. The highest BCUT2D eigenvalue weighted by Gasteiger charge is 2.31. The van der Waals surface area contributed by atoms with E-state index in [1.165, 1.54) is 9.13 Å². The highest BCUT2D eigenvalue weighted by atomic mass is 16.5. The summed E-state index contributed by atoms with van der Waals surface area (Å²) >= 11 is 0. The highest BCUT2D eigenvalue weighted by Crippen LogP contribution is 2.23. The molecule has 1 N–H and O–H groups in total. The van der Waals surface area contributed by atoms with Crippen molar-refractivity contribution in [1.29, 1.82) is 0 Å². The monoisotopic (exact) mass is 395 g/mol. The zero-order valence-corrected chi connectivity index (χ0v) is 16.1. The maximum atomic E-state index is 12.7. The number of benzene rings is 1. The molecule has 0 aliphatic carbocycles. The van der Waals surface area contributed by atoms with Crippen molar-refractivity contribution in [1.82, 2.24) is 14.5 Å². The molecule has 1 aliphatic rings. The van der Waals surface area contributed by atoms with Crippen molar-refractivity contribution in [2.75, 3.05) is 26.4 Å². The molecule has 2 aromatic rings. The molecule has 8 heteroatoms. The Balaban J connectivity index is 1.75. The Morgan fingerprint density at radius 1 is 1.17 bits per heavy atom. The lowest BCUT2D eigenvalue weighted by Crippen LogP contribution is -2.44. The third-order valence-corrected chi connectivity index (χ3v) is 4.58. The van der Waals surface area contributed by atoms with Crippen molar-refractivity contribution in [3.63, 3.8) is 0 Å². The van der Waals surface area contributed by atoms with E-state index in [0.29, 0.717) is 30.7 Å². The van der Waals surface area contributed by atoms with E-state index in [2.05, 4.69) is 23.1 Å². The Hall–Kier alpha value is -3.33. The Bertz CT molecular complexity index is 1090. The number of aryl methyl sites for hydroxylation is 1. The van der Waals surface area contributed by atoms with Gasteiger partial charge in [-0.25, -0.2) is 4.79 Å². The van der Waals surface area contributed by atoms with E-state index in [9.17, 15) is 14.4 Å². The van der Waals surface area contributed by atoms with Gasteiger partial charge in [-0.2, -0.15) is 0 Å². The predicted molar refractivity (Wildman–Crippen MR) is 106 cm³/mol. The second-order valence-corrected chi connectivity index (χ2v) is 6.49. The summed E-state index contributed by atoms with van der Waals surface area (Å²) in [5.74, 6) is 7.50. The molecule has 150 valence electrons. The number of nitrogens with one attached hydrogen (secondary N) is 1. The molecular formula is C21H21N3O5. The van der Waals surface area contributed by atoms with Crippen LogP contribution in [0.1, 0.15) is 24.4 Å². The molecule has 1 saturated heterocycles. The number of carbonyl (C=O) groups excluding carboxylic acids is 2. The molecule has 1 aliphatic heterocycles. The first-order valence-electron chi connectivity index (χ1n) is 9.15. The number of rotatable bonds is 6. The number of ether oxygens (including phenoxy) is 2. The van der Waals surface area contributed by atoms with Gasteiger partial charge in [-0.15, -0.1) is 6.42 Å². The molecule has 2 amide bonds. The second-order valence-electron chi connectivity index (χ2n) is 6.49. The summed E-state index contributed by atoms with van der Waals surface area (Å²) in [6, 6.07) is 4.64. The molecule has 8 nitrogen and oxygen atoms in total. The summed E-state index contributed by atoms with van der Waals surface area (Å²) < 4.78 is 13.3. The SMILES string of the molecule is C#CCOCCOCC#Cc1ccc2c(c1)n(C)c(=O)n2C1CCC(=O)NC1=O. The van der Waals surface area contributed by atoms with E-state index in [4.69, 9.17) is 15.9 Å². The molecule has 1 atom stereocenters. The second kappa shape index (κ2) is 9.24. The minimum absolute atomic E-state index is 0.205. The lowest BCUT2D eigenvalue weighted by atomic mass is 10.1. The fourth-order valence-corrected chi connectivity index (χ4v) is 3.18. The van der Waals surface area contributed by atoms with Crippen molar-refractivity contribution in [3.8, 4) is 24.2 Å². The van der Waals surface area contributed by atoms with Crippen LogP contribution in [-0.4, -0.2) is 47.4 Å². The summed E-state index contributed by atoms with van der Waals surface area (Å²) in [5.41, 5.74) is 1.70. The van der Waals surface area contributed by atoms with Gasteiger partial charge in [0.1, 0.15) is 19.3 Å². The lowest BCUT2D eigenvalue weighted by Gasteiger charge is -2.21. The first kappa shape index (κ1) is 20.4. The third-order valence-electron chi connectivity index (χ3n) is 4.58. The number of amides is 2. The van der Waals surface area contributed by atoms with Gasteiger partial charge in [0.15, 0.2) is 0 Å². The van der Waals surface area contributed by atoms with Crippen LogP contribution in [0.4, 0.5) is 0 Å². The van der Waals surface area contributed by atoms with Crippen molar-refractivity contribution < 1.29 is 19.1 Å². The standard InChI is InChI=1S/C21H21N3O5/c1-3-10-28-12-13-29-11-4-5-15-6-7-16-18(14-15)23(2)21(27)24(16)17-8-9-19(25)22-20(17)26/h1,6-7,14,17H,8-13H2,2H3,(H,22,25,26). The number of fused-ring (bicyclic) bond motifs is 1. The zero-order chi connectivity index (χ0) is 20.8. The lowest BCUT2D eigenvalue weighted by molar-refractivity contribution is -0.135. The van der Waals surface area contributed by atoms with Crippen LogP contribution < -0.4 is 11.0 Å². The Morgan fingerprint density at radius 2 is 1.93 bits per heavy atom. The molecular weight excluding hydrogens is 374 g/mol. The molecule has 1 aromatic carbocycles. The average Bonchev–Trinajstić information content (AvgIpc) is 2.95. The predicted octanol–water partition coefficient (Wildman–Crippen LogP) is 0.336. The largest absolute Gasteiger partial charge is 0.366 e. The fourth-order valence-electron chi connectivity index (χ4n) is 3.18. The van der Waals surface area contributed by atoms with E-state index in [1.54, 1.807) is 25.2 Å². The number of hydrogen-bond donors (Lipinski definition) is 1. The van der Waals surface area contributed by atoms with Gasteiger partial charge in [0.25, 0.3) is 0 Å². The number of carbonyl (C=O) groups is 2. The highest BCUT2D eigenvalue weighted by molar-refractivity contribution is 6.00. The molecule has 1 unspecified atom stereocenters. The quantitative estimate of drug-likeness (QED) is 0.433. The van der Waals surface area contributed by atoms with Gasteiger partial charge >= 0.3 is 5.69 Å². The van der Waals surface area contributed by atoms with E-state index in [-0.39, 0.29) is 31.2 Å². The minimum atomic E-state index is -0.703. The van der Waals surface area contributed by atoms with Gasteiger partial charge in [0.05, 0.1) is 24.2 Å². The zero-order valence-electron chi connectivity index (χ0n) is 16.1. The smallest absolute Gasteiger partial charge is 0.329 e. The van der Waals surface area contributed by atoms with Gasteiger partial charge in [-0.1, -0.05) is 17.8 Å². The summed E-state index contributed by atoms with van der Waals surface area (Å²) in [6.07, 6.45) is 5.58. The molecule has 0 spiro atoms. The average molecular weight is 395 g/mol. The molecule has 1 aromatic heterocycles. The number of imidazole rings is 1. The molecule has 0 radical (unpaired) electrons. The first-order valence-corrected chi connectivity index (χ1v) is 9.15. The van der Waals surface area contributed by atoms with Gasteiger partial charge in [0.2, 0.25) is 11.8 Å². The molecule has 0 bridgehead atoms. The molecule has 1 fully saturated rings. The van der Waals surface area contributed by atoms with Crippen molar-refractivity contribution in [2.45, 2.75) is 18.9 Å². The molecule has 2 heterocycles. The van der Waals surface area contributed by atoms with Crippen molar-refractivity contribution in [2.24, 2.45) is 7.05 Å². The van der Waals surface area contributed by atoms with E-state index >= 15 is 0 Å². The molecule has 0 saturated carbocycles. The third kappa shape index (κ3) is 4.57. The van der Waals surface area contributed by atoms with E-state index in [0.717, 1.165) is 5.56 Å². The van der Waals surface area contributed by atoms with Gasteiger partial charge in [0, 0.05) is 19.0 Å². The number of nitrogens with zero attached hydrogens (tertiary/aromatic N) is 2. The molecule has 3 rings (SSSR count). The normalized spacial score (nSPS) is 16.2. The number of hydrogen-bond acceptors (Lipinski definition) is 5. The van der Waals surface area contributed by atoms with Crippen LogP contribution >= 0.6 is 0 Å². The number of imide groups is 1. The van der Waals surface area contributed by atoms with Crippen molar-refractivity contribution in [3.05, 3.63) is 34.2 Å². The van der Waals surface area contributed by atoms with Gasteiger partial charge < -0.3 is 9.47 Å². The maximum absolute atomic E-state index is 12.7. The summed E-state index contributed by atoms with van der Waals surface area (Å²) in [5, 5.41) is 2.29. The van der Waals surface area contributed by atoms with Crippen LogP contribution in [0, 0.1) is 24.2 Å². The van der Waals surface area contributed by atoms with E-state index in [1.807, 2.05) is 0 Å². The van der Waals surface area contributed by atoms with Gasteiger partial charge in [-0.3, -0.25) is 24.0 Å². The topological polar surface area (TPSA) is 91.6 Å². The van der Waals surface area contributed by atoms with Crippen LogP contribution in [-0.2, 0) is 26.1 Å².